The van der Waals surface area contributed by atoms with Gasteiger partial charge < -0.3 is 0 Å². The first kappa shape index (κ1) is 21.0. The number of nitrogens with one attached hydrogen (secondary N) is 1. The quantitative estimate of drug-likeness (QED) is 0.434. The lowest BCUT2D eigenvalue weighted by Crippen LogP contribution is -2.30. The highest BCUT2D eigenvalue weighted by Gasteiger charge is 2.46. The topological polar surface area (TPSA) is 61.8 Å². The number of halogens is 5. The monoisotopic (exact) mass is 423 g/mol. The summed E-state index contributed by atoms with van der Waals surface area (Å²) in [6.45, 7) is 1.42. The largest absolute Gasteiger partial charge is 0.516 e. The van der Waals surface area contributed by atoms with Crippen LogP contribution in [0.25, 0.3) is 0 Å². The fraction of sp³-hybridized carbons (Fsp3) is 0.188. The van der Waals surface area contributed by atoms with Crippen LogP contribution in [0.4, 0.5) is 28.9 Å². The Kier molecular flexibility index (Phi) is 6.01. The Balaban J connectivity index is 2.45. The van der Waals surface area contributed by atoms with Gasteiger partial charge in [-0.3, -0.25) is 9.73 Å². The number of sulfonamides is 1. The van der Waals surface area contributed by atoms with Crippen LogP contribution in [0, 0.1) is 5.82 Å². The predicted molar refractivity (Wildman–Crippen MR) is 97.1 cm³/mol. The highest BCUT2D eigenvalue weighted by atomic mass is 35.5. The molecule has 0 amide bonds. The molecule has 2 aromatic carbocycles. The molecule has 2 aromatic rings. The van der Waals surface area contributed by atoms with Crippen molar-refractivity contribution in [2.24, 2.45) is 5.10 Å². The van der Waals surface area contributed by atoms with E-state index in [1.165, 1.54) is 54.0 Å². The molecule has 0 aliphatic rings. The Morgan fingerprint density at radius 3 is 2.41 bits per heavy atom. The molecule has 0 saturated heterocycles. The minimum absolute atomic E-state index is 0.0125. The Hall–Kier alpha value is -2.33. The maximum absolute atomic E-state index is 13.8. The summed E-state index contributed by atoms with van der Waals surface area (Å²) >= 11 is 5.87. The molecule has 5 nitrogen and oxygen atoms in total. The molecule has 0 spiro atoms. The number of benzene rings is 2. The van der Waals surface area contributed by atoms with E-state index in [0.29, 0.717) is 0 Å². The van der Waals surface area contributed by atoms with Gasteiger partial charge in [-0.25, -0.2) is 4.39 Å². The summed E-state index contributed by atoms with van der Waals surface area (Å²) in [6, 6.07) is 9.32. The number of anilines is 2. The Labute approximate surface area is 158 Å². The van der Waals surface area contributed by atoms with Crippen molar-refractivity contribution >= 4 is 38.7 Å². The van der Waals surface area contributed by atoms with E-state index < -0.39 is 21.3 Å². The second-order valence-electron chi connectivity index (χ2n) is 5.40. The molecule has 0 fully saturated rings. The van der Waals surface area contributed by atoms with E-state index in [1.54, 1.807) is 6.07 Å². The molecule has 146 valence electrons. The minimum atomic E-state index is -5.63. The molecule has 0 saturated carbocycles. The number of alkyl halides is 3. The molecule has 1 N–H and O–H groups in total. The standard InChI is InChI=1S/C16H14ClF4N3O2S/c1-10(22-24(2)15-6-4-3-5-13(15)18)12-9-11(17)7-8-14(12)23-27(25,26)16(19,20)21/h3-9,23H,1-2H3/b22-10+. The van der Waals surface area contributed by atoms with E-state index in [9.17, 15) is 26.0 Å². The first-order valence-electron chi connectivity index (χ1n) is 7.35. The van der Waals surface area contributed by atoms with Crippen molar-refractivity contribution in [2.75, 3.05) is 16.8 Å². The van der Waals surface area contributed by atoms with Gasteiger partial charge in [-0.1, -0.05) is 23.7 Å². The number of hydrazone groups is 1. The van der Waals surface area contributed by atoms with Crippen molar-refractivity contribution in [3.8, 4) is 0 Å². The first-order valence-corrected chi connectivity index (χ1v) is 9.21. The van der Waals surface area contributed by atoms with E-state index in [4.69, 9.17) is 11.6 Å². The fourth-order valence-corrected chi connectivity index (χ4v) is 2.91. The average Bonchev–Trinajstić information content (AvgIpc) is 2.55. The summed E-state index contributed by atoms with van der Waals surface area (Å²) in [5.74, 6) is -0.555. The van der Waals surface area contributed by atoms with Gasteiger partial charge in [0.05, 0.1) is 17.1 Å². The van der Waals surface area contributed by atoms with Gasteiger partial charge >= 0.3 is 15.5 Å². The Morgan fingerprint density at radius 1 is 1.19 bits per heavy atom. The van der Waals surface area contributed by atoms with Gasteiger partial charge in [0.1, 0.15) is 5.82 Å². The second-order valence-corrected chi connectivity index (χ2v) is 7.51. The van der Waals surface area contributed by atoms with Crippen molar-refractivity contribution in [3.63, 3.8) is 0 Å². The van der Waals surface area contributed by atoms with Crippen molar-refractivity contribution in [1.82, 2.24) is 0 Å². The van der Waals surface area contributed by atoms with Crippen molar-refractivity contribution in [3.05, 3.63) is 58.9 Å². The molecular formula is C16H14ClF4N3O2S. The molecule has 2 rings (SSSR count). The van der Waals surface area contributed by atoms with Gasteiger partial charge in [-0.2, -0.15) is 26.7 Å². The molecular weight excluding hydrogens is 410 g/mol. The zero-order valence-electron chi connectivity index (χ0n) is 14.1. The highest BCUT2D eigenvalue weighted by molar-refractivity contribution is 7.93. The molecule has 0 unspecified atom stereocenters. The molecule has 0 heterocycles. The molecule has 0 radical (unpaired) electrons. The minimum Gasteiger partial charge on any atom is -0.275 e. The summed E-state index contributed by atoms with van der Waals surface area (Å²) in [4.78, 5) is 0. The predicted octanol–water partition coefficient (Wildman–Crippen LogP) is 4.60. The number of rotatable bonds is 5. The molecule has 0 aliphatic carbocycles. The van der Waals surface area contributed by atoms with Gasteiger partial charge in [0.2, 0.25) is 0 Å². The molecule has 27 heavy (non-hydrogen) atoms. The molecule has 0 aromatic heterocycles. The van der Waals surface area contributed by atoms with Gasteiger partial charge in [-0.15, -0.1) is 0 Å². The zero-order valence-corrected chi connectivity index (χ0v) is 15.6. The summed E-state index contributed by atoms with van der Waals surface area (Å²) in [7, 11) is -4.19. The van der Waals surface area contributed by atoms with E-state index >= 15 is 0 Å². The van der Waals surface area contributed by atoms with Gasteiger partial charge in [0.15, 0.2) is 0 Å². The van der Waals surface area contributed by atoms with Gasteiger partial charge in [-0.05, 0) is 37.3 Å². The van der Waals surface area contributed by atoms with Crippen LogP contribution < -0.4 is 9.73 Å². The normalized spacial score (nSPS) is 12.8. The van der Waals surface area contributed by atoms with Gasteiger partial charge in [0.25, 0.3) is 0 Å². The van der Waals surface area contributed by atoms with Crippen LogP contribution in [-0.4, -0.2) is 26.7 Å². The third-order valence-corrected chi connectivity index (χ3v) is 4.75. The highest BCUT2D eigenvalue weighted by Crippen LogP contribution is 2.29. The molecule has 0 bridgehead atoms. The van der Waals surface area contributed by atoms with Crippen LogP contribution in [0.15, 0.2) is 47.6 Å². The van der Waals surface area contributed by atoms with E-state index in [1.807, 2.05) is 0 Å². The molecule has 11 heteroatoms. The molecule has 0 aliphatic heterocycles. The zero-order chi connectivity index (χ0) is 20.4. The number of para-hydroxylation sites is 1. The van der Waals surface area contributed by atoms with Crippen molar-refractivity contribution in [2.45, 2.75) is 12.4 Å². The van der Waals surface area contributed by atoms with E-state index in [-0.39, 0.29) is 27.7 Å². The lowest BCUT2D eigenvalue weighted by Gasteiger charge is -2.18. The SMILES string of the molecule is C/C(=N\N(C)c1ccccc1F)c1cc(Cl)ccc1NS(=O)(=O)C(F)(F)F. The summed E-state index contributed by atoms with van der Waals surface area (Å²) in [6.07, 6.45) is 0. The smallest absolute Gasteiger partial charge is 0.275 e. The third-order valence-electron chi connectivity index (χ3n) is 3.42. The Bertz CT molecular complexity index is 978. The summed E-state index contributed by atoms with van der Waals surface area (Å²) < 4.78 is 76.1. The van der Waals surface area contributed by atoms with Crippen molar-refractivity contribution < 1.29 is 26.0 Å². The van der Waals surface area contributed by atoms with E-state index in [0.717, 1.165) is 6.07 Å². The second kappa shape index (κ2) is 7.73. The summed E-state index contributed by atoms with van der Waals surface area (Å²) in [5.41, 5.74) is -5.60. The number of hydrogen-bond acceptors (Lipinski definition) is 4. The summed E-state index contributed by atoms with van der Waals surface area (Å²) in [5, 5.41) is 5.44. The van der Waals surface area contributed by atoms with Crippen LogP contribution in [0.2, 0.25) is 5.02 Å². The van der Waals surface area contributed by atoms with Gasteiger partial charge in [0, 0.05) is 17.6 Å². The van der Waals surface area contributed by atoms with Crippen LogP contribution in [-0.2, 0) is 10.0 Å². The maximum Gasteiger partial charge on any atom is 0.516 e. The fourth-order valence-electron chi connectivity index (χ4n) is 2.15. The van der Waals surface area contributed by atoms with Crippen LogP contribution in [0.3, 0.4) is 0 Å². The number of hydrogen-bond donors (Lipinski definition) is 1. The lowest BCUT2D eigenvalue weighted by molar-refractivity contribution is -0.0429. The Morgan fingerprint density at radius 2 is 1.81 bits per heavy atom. The average molecular weight is 424 g/mol. The van der Waals surface area contributed by atoms with Crippen LogP contribution in [0.5, 0.6) is 0 Å². The first-order chi connectivity index (χ1) is 12.4. The molecule has 0 atom stereocenters. The van der Waals surface area contributed by atoms with Crippen molar-refractivity contribution in [1.29, 1.82) is 0 Å². The lowest BCUT2D eigenvalue weighted by atomic mass is 10.1. The number of nitrogens with zero attached hydrogens (tertiary/aromatic N) is 2. The van der Waals surface area contributed by atoms with E-state index in [2.05, 4.69) is 5.10 Å². The maximum atomic E-state index is 13.8. The van der Waals surface area contributed by atoms with Crippen LogP contribution in [0.1, 0.15) is 12.5 Å². The van der Waals surface area contributed by atoms with Crippen LogP contribution >= 0.6 is 11.6 Å². The third kappa shape index (κ3) is 4.89.